The molecule has 0 amide bonds. The SMILES string of the molecule is CC1CC(OCC2(O)CCC(C(=O)O)CC2)CC(C)(C)C1. The summed E-state index contributed by atoms with van der Waals surface area (Å²) in [6.45, 7) is 7.19. The maximum Gasteiger partial charge on any atom is 0.306 e. The zero-order valence-corrected chi connectivity index (χ0v) is 13.6. The highest BCUT2D eigenvalue weighted by Gasteiger charge is 2.38. The Labute approximate surface area is 127 Å². The maximum atomic E-state index is 11.0. The predicted octanol–water partition coefficient (Wildman–Crippen LogP) is 3.22. The van der Waals surface area contributed by atoms with Crippen LogP contribution in [0.2, 0.25) is 0 Å². The van der Waals surface area contributed by atoms with Gasteiger partial charge in [0.05, 0.1) is 24.2 Å². The normalized spacial score (nSPS) is 39.9. The Hall–Kier alpha value is -0.610. The van der Waals surface area contributed by atoms with Crippen LogP contribution in [0, 0.1) is 17.3 Å². The van der Waals surface area contributed by atoms with Gasteiger partial charge in [0.25, 0.3) is 0 Å². The third-order valence-corrected chi connectivity index (χ3v) is 5.20. The average Bonchev–Trinajstić information content (AvgIpc) is 2.35. The Morgan fingerprint density at radius 2 is 1.86 bits per heavy atom. The van der Waals surface area contributed by atoms with Crippen molar-refractivity contribution < 1.29 is 19.7 Å². The number of ether oxygens (including phenoxy) is 1. The lowest BCUT2D eigenvalue weighted by atomic mass is 9.71. The zero-order chi connectivity index (χ0) is 15.7. The van der Waals surface area contributed by atoms with E-state index in [1.807, 2.05) is 0 Å². The van der Waals surface area contributed by atoms with E-state index in [-0.39, 0.29) is 12.0 Å². The fourth-order valence-corrected chi connectivity index (χ4v) is 4.20. The maximum absolute atomic E-state index is 11.0. The second-order valence-corrected chi connectivity index (χ2v) is 8.18. The standard InChI is InChI=1S/C17H30O4/c1-12-8-14(10-16(2,3)9-12)21-11-17(20)6-4-13(5-7-17)15(18)19/h12-14,20H,4-11H2,1-3H3,(H,18,19). The molecule has 4 nitrogen and oxygen atoms in total. The van der Waals surface area contributed by atoms with Gasteiger partial charge >= 0.3 is 5.97 Å². The van der Waals surface area contributed by atoms with Gasteiger partial charge in [0.1, 0.15) is 0 Å². The molecule has 2 saturated carbocycles. The Kier molecular flexibility index (Phi) is 4.99. The molecule has 0 heterocycles. The van der Waals surface area contributed by atoms with Gasteiger partial charge < -0.3 is 14.9 Å². The van der Waals surface area contributed by atoms with Crippen LogP contribution in [0.15, 0.2) is 0 Å². The van der Waals surface area contributed by atoms with Crippen molar-refractivity contribution in [1.82, 2.24) is 0 Å². The van der Waals surface area contributed by atoms with E-state index in [0.717, 1.165) is 12.8 Å². The van der Waals surface area contributed by atoms with Crippen molar-refractivity contribution in [2.75, 3.05) is 6.61 Å². The molecule has 0 saturated heterocycles. The minimum Gasteiger partial charge on any atom is -0.481 e. The van der Waals surface area contributed by atoms with E-state index in [9.17, 15) is 9.90 Å². The van der Waals surface area contributed by atoms with E-state index in [1.165, 1.54) is 6.42 Å². The predicted molar refractivity (Wildman–Crippen MR) is 81.1 cm³/mol. The number of aliphatic carboxylic acids is 1. The van der Waals surface area contributed by atoms with Gasteiger partial charge in [0.15, 0.2) is 0 Å². The number of aliphatic hydroxyl groups is 1. The summed E-state index contributed by atoms with van der Waals surface area (Å²) in [5.41, 5.74) is -0.511. The van der Waals surface area contributed by atoms with Crippen LogP contribution < -0.4 is 0 Å². The van der Waals surface area contributed by atoms with Crippen molar-refractivity contribution in [1.29, 1.82) is 0 Å². The van der Waals surface area contributed by atoms with Gasteiger partial charge in [-0.15, -0.1) is 0 Å². The van der Waals surface area contributed by atoms with Gasteiger partial charge in [0, 0.05) is 0 Å². The number of carboxylic acid groups (broad SMARTS) is 1. The second-order valence-electron chi connectivity index (χ2n) is 8.18. The number of rotatable bonds is 4. The van der Waals surface area contributed by atoms with Crippen LogP contribution in [0.5, 0.6) is 0 Å². The third kappa shape index (κ3) is 4.68. The fourth-order valence-electron chi connectivity index (χ4n) is 4.20. The van der Waals surface area contributed by atoms with E-state index in [2.05, 4.69) is 20.8 Å². The van der Waals surface area contributed by atoms with Crippen LogP contribution in [0.4, 0.5) is 0 Å². The van der Waals surface area contributed by atoms with E-state index in [4.69, 9.17) is 9.84 Å². The molecule has 2 unspecified atom stereocenters. The summed E-state index contributed by atoms with van der Waals surface area (Å²) in [6.07, 6.45) is 5.76. The molecule has 0 aromatic rings. The first-order valence-corrected chi connectivity index (χ1v) is 8.26. The molecule has 2 aliphatic carbocycles. The van der Waals surface area contributed by atoms with Crippen molar-refractivity contribution in [3.05, 3.63) is 0 Å². The van der Waals surface area contributed by atoms with Gasteiger partial charge in [-0.25, -0.2) is 0 Å². The molecular weight excluding hydrogens is 268 g/mol. The van der Waals surface area contributed by atoms with Crippen molar-refractivity contribution in [3.63, 3.8) is 0 Å². The first-order valence-electron chi connectivity index (χ1n) is 8.26. The average molecular weight is 298 g/mol. The van der Waals surface area contributed by atoms with E-state index < -0.39 is 11.6 Å². The van der Waals surface area contributed by atoms with Gasteiger partial charge in [-0.3, -0.25) is 4.79 Å². The quantitative estimate of drug-likeness (QED) is 0.836. The fraction of sp³-hybridized carbons (Fsp3) is 0.941. The summed E-state index contributed by atoms with van der Waals surface area (Å²) < 4.78 is 6.03. The molecule has 0 spiro atoms. The summed E-state index contributed by atoms with van der Waals surface area (Å²) in [4.78, 5) is 11.0. The van der Waals surface area contributed by atoms with Crippen molar-refractivity contribution in [3.8, 4) is 0 Å². The highest BCUT2D eigenvalue weighted by atomic mass is 16.5. The topological polar surface area (TPSA) is 66.8 Å². The summed E-state index contributed by atoms with van der Waals surface area (Å²) in [7, 11) is 0. The number of carbonyl (C=O) groups is 1. The van der Waals surface area contributed by atoms with Crippen LogP contribution in [0.1, 0.15) is 65.7 Å². The highest BCUT2D eigenvalue weighted by molar-refractivity contribution is 5.70. The Morgan fingerprint density at radius 1 is 1.24 bits per heavy atom. The van der Waals surface area contributed by atoms with Gasteiger partial charge in [0.2, 0.25) is 0 Å². The largest absolute Gasteiger partial charge is 0.481 e. The Bertz CT molecular complexity index is 369. The number of hydrogen-bond acceptors (Lipinski definition) is 3. The minimum absolute atomic E-state index is 0.227. The smallest absolute Gasteiger partial charge is 0.306 e. The number of hydrogen-bond donors (Lipinski definition) is 2. The lowest BCUT2D eigenvalue weighted by molar-refractivity contribution is -0.148. The number of carboxylic acids is 1. The molecule has 2 aliphatic rings. The highest BCUT2D eigenvalue weighted by Crippen LogP contribution is 2.40. The monoisotopic (exact) mass is 298 g/mol. The molecule has 21 heavy (non-hydrogen) atoms. The minimum atomic E-state index is -0.823. The summed E-state index contributed by atoms with van der Waals surface area (Å²) in [5.74, 6) is -0.365. The van der Waals surface area contributed by atoms with E-state index >= 15 is 0 Å². The lowest BCUT2D eigenvalue weighted by Crippen LogP contribution is -2.42. The first kappa shape index (κ1) is 16.8. The molecule has 2 N–H and O–H groups in total. The zero-order valence-electron chi connectivity index (χ0n) is 13.6. The molecular formula is C17H30O4. The van der Waals surface area contributed by atoms with Gasteiger partial charge in [-0.2, -0.15) is 0 Å². The van der Waals surface area contributed by atoms with Crippen LogP contribution >= 0.6 is 0 Å². The van der Waals surface area contributed by atoms with Crippen molar-refractivity contribution in [2.24, 2.45) is 17.3 Å². The Balaban J connectivity index is 1.81. The first-order chi connectivity index (χ1) is 9.69. The Morgan fingerprint density at radius 3 is 2.38 bits per heavy atom. The summed E-state index contributed by atoms with van der Waals surface area (Å²) in [5, 5.41) is 19.6. The molecule has 2 fully saturated rings. The molecule has 122 valence electrons. The van der Waals surface area contributed by atoms with E-state index in [1.54, 1.807) is 0 Å². The molecule has 2 rings (SSSR count). The molecule has 0 aliphatic heterocycles. The summed E-state index contributed by atoms with van der Waals surface area (Å²) >= 11 is 0. The van der Waals surface area contributed by atoms with Crippen LogP contribution in [0.25, 0.3) is 0 Å². The molecule has 0 bridgehead atoms. The van der Waals surface area contributed by atoms with Crippen LogP contribution in [-0.2, 0) is 9.53 Å². The van der Waals surface area contributed by atoms with Crippen molar-refractivity contribution in [2.45, 2.75) is 77.4 Å². The summed E-state index contributed by atoms with van der Waals surface area (Å²) in [6, 6.07) is 0. The molecule has 0 aromatic heterocycles. The molecule has 0 aromatic carbocycles. The molecule has 0 radical (unpaired) electrons. The third-order valence-electron chi connectivity index (χ3n) is 5.20. The molecule has 4 heteroatoms. The van der Waals surface area contributed by atoms with E-state index in [0.29, 0.717) is 43.6 Å². The van der Waals surface area contributed by atoms with Crippen molar-refractivity contribution >= 4 is 5.97 Å². The lowest BCUT2D eigenvalue weighted by Gasteiger charge is -2.41. The second kappa shape index (κ2) is 6.25. The van der Waals surface area contributed by atoms with Gasteiger partial charge in [-0.05, 0) is 56.3 Å². The molecule has 2 atom stereocenters. The van der Waals surface area contributed by atoms with Crippen LogP contribution in [0.3, 0.4) is 0 Å². The van der Waals surface area contributed by atoms with Crippen LogP contribution in [-0.4, -0.2) is 34.5 Å². The van der Waals surface area contributed by atoms with Gasteiger partial charge in [-0.1, -0.05) is 20.8 Å².